The molecule has 0 saturated carbocycles. The average molecular weight is 596 g/mol. The summed E-state index contributed by atoms with van der Waals surface area (Å²) in [4.78, 5) is 2.45. The Bertz CT molecular complexity index is 1660. The number of thiophene rings is 1. The lowest BCUT2D eigenvalue weighted by Crippen LogP contribution is -2.15. The molecular weight excluding hydrogens is 563 g/mol. The summed E-state index contributed by atoms with van der Waals surface area (Å²) in [6, 6.07) is 26.7. The van der Waals surface area contributed by atoms with Gasteiger partial charge in [0.2, 0.25) is 0 Å². The molecule has 1 fully saturated rings. The first-order chi connectivity index (χ1) is 20.6. The van der Waals surface area contributed by atoms with Gasteiger partial charge in [0.25, 0.3) is 5.13 Å². The van der Waals surface area contributed by atoms with Gasteiger partial charge in [-0.2, -0.15) is 0 Å². The standard InChI is InChI=1S/C31H33N9S2/c1-21-19-25(33-36-28-14-15-30(41-28)40-16-6-7-17-40)11-12-26(21)34-32-24-10-13-27(22(2)18-24)35-38-31-39-37-29(42-31)20-23-8-4-3-5-9-23/h3-5,8-15,18-19,32-34,36H,6-7,16-17,20H2,1-2H3. The predicted molar refractivity (Wildman–Crippen MR) is 176 cm³/mol. The minimum Gasteiger partial charge on any atom is -0.363 e. The maximum atomic E-state index is 4.41. The van der Waals surface area contributed by atoms with Crippen LogP contribution < -0.4 is 26.6 Å². The van der Waals surface area contributed by atoms with E-state index in [0.717, 1.165) is 63.4 Å². The van der Waals surface area contributed by atoms with Crippen molar-refractivity contribution in [2.75, 3.05) is 39.7 Å². The van der Waals surface area contributed by atoms with E-state index >= 15 is 0 Å². The SMILES string of the molecule is Cc1cc(NNc2ccc(NNc3ccc(N4CCCC4)s3)cc2C)ccc1N=Nc1nnc(Cc2ccccc2)s1. The third kappa shape index (κ3) is 7.04. The summed E-state index contributed by atoms with van der Waals surface area (Å²) in [5.41, 5.74) is 20.3. The molecule has 0 amide bonds. The molecule has 0 spiro atoms. The van der Waals surface area contributed by atoms with Crippen LogP contribution in [0.5, 0.6) is 0 Å². The molecule has 3 aromatic carbocycles. The van der Waals surface area contributed by atoms with Crippen LogP contribution in [0, 0.1) is 13.8 Å². The first-order valence-electron chi connectivity index (χ1n) is 14.0. The van der Waals surface area contributed by atoms with E-state index in [2.05, 4.69) is 90.4 Å². The second-order valence-corrected chi connectivity index (χ2v) is 12.3. The first kappa shape index (κ1) is 27.7. The van der Waals surface area contributed by atoms with Crippen LogP contribution in [0.3, 0.4) is 0 Å². The largest absolute Gasteiger partial charge is 0.363 e. The minimum atomic E-state index is 0.551. The van der Waals surface area contributed by atoms with E-state index in [1.807, 2.05) is 49.4 Å². The number of rotatable bonds is 11. The molecule has 0 atom stereocenters. The van der Waals surface area contributed by atoms with Gasteiger partial charge in [0, 0.05) is 19.5 Å². The molecule has 1 aliphatic heterocycles. The normalized spacial score (nSPS) is 13.0. The summed E-state index contributed by atoms with van der Waals surface area (Å²) in [5.74, 6) is 0. The molecule has 3 heterocycles. The number of benzene rings is 3. The Hall–Kier alpha value is -4.48. The van der Waals surface area contributed by atoms with E-state index < -0.39 is 0 Å². The fraction of sp³-hybridized carbons (Fsp3) is 0.226. The van der Waals surface area contributed by atoms with Gasteiger partial charge in [0.05, 0.1) is 27.8 Å². The van der Waals surface area contributed by atoms with Crippen LogP contribution in [0.1, 0.15) is 34.5 Å². The zero-order valence-electron chi connectivity index (χ0n) is 23.6. The van der Waals surface area contributed by atoms with Crippen molar-refractivity contribution < 1.29 is 0 Å². The highest BCUT2D eigenvalue weighted by molar-refractivity contribution is 7.20. The molecule has 11 heteroatoms. The zero-order valence-corrected chi connectivity index (χ0v) is 25.2. The fourth-order valence-electron chi connectivity index (χ4n) is 4.73. The summed E-state index contributed by atoms with van der Waals surface area (Å²) in [5, 5.41) is 21.1. The van der Waals surface area contributed by atoms with Crippen molar-refractivity contribution in [3.63, 3.8) is 0 Å². The highest BCUT2D eigenvalue weighted by Crippen LogP contribution is 2.32. The average Bonchev–Trinajstić information content (AvgIpc) is 3.78. The van der Waals surface area contributed by atoms with Gasteiger partial charge in [-0.1, -0.05) is 53.0 Å². The molecule has 0 unspecified atom stereocenters. The maximum absolute atomic E-state index is 4.41. The summed E-state index contributed by atoms with van der Waals surface area (Å²) in [7, 11) is 0. The van der Waals surface area contributed by atoms with E-state index in [9.17, 15) is 0 Å². The van der Waals surface area contributed by atoms with Crippen LogP contribution in [0.15, 0.2) is 89.1 Å². The minimum absolute atomic E-state index is 0.551. The maximum Gasteiger partial charge on any atom is 0.251 e. The van der Waals surface area contributed by atoms with E-state index in [1.165, 1.54) is 34.7 Å². The number of anilines is 5. The summed E-state index contributed by atoms with van der Waals surface area (Å²) < 4.78 is 0. The van der Waals surface area contributed by atoms with Crippen molar-refractivity contribution in [1.29, 1.82) is 0 Å². The Kier molecular flexibility index (Phi) is 8.57. The number of aryl methyl sites for hydroxylation is 2. The fourth-order valence-corrected chi connectivity index (χ4v) is 6.33. The number of hydrogen-bond donors (Lipinski definition) is 4. The number of azo groups is 1. The monoisotopic (exact) mass is 595 g/mol. The second kappa shape index (κ2) is 13.0. The Morgan fingerprint density at radius 3 is 2.29 bits per heavy atom. The number of hydrogen-bond acceptors (Lipinski definition) is 11. The summed E-state index contributed by atoms with van der Waals surface area (Å²) in [6.07, 6.45) is 3.31. The third-order valence-electron chi connectivity index (χ3n) is 7.00. The van der Waals surface area contributed by atoms with Gasteiger partial charge in [0.15, 0.2) is 0 Å². The van der Waals surface area contributed by atoms with Gasteiger partial charge in [-0.3, -0.25) is 5.43 Å². The molecule has 4 N–H and O–H groups in total. The smallest absolute Gasteiger partial charge is 0.251 e. The number of hydrazine groups is 2. The first-order valence-corrected chi connectivity index (χ1v) is 15.6. The number of nitrogens with one attached hydrogen (secondary N) is 4. The van der Waals surface area contributed by atoms with Gasteiger partial charge in [-0.25, -0.2) is 0 Å². The lowest BCUT2D eigenvalue weighted by atomic mass is 10.2. The summed E-state index contributed by atoms with van der Waals surface area (Å²) in [6.45, 7) is 6.41. The van der Waals surface area contributed by atoms with Gasteiger partial charge >= 0.3 is 0 Å². The number of nitrogens with zero attached hydrogens (tertiary/aromatic N) is 5. The molecule has 0 bridgehead atoms. The van der Waals surface area contributed by atoms with Crippen molar-refractivity contribution in [1.82, 2.24) is 10.2 Å². The highest BCUT2D eigenvalue weighted by atomic mass is 32.1. The van der Waals surface area contributed by atoms with Gasteiger partial charge in [-0.05, 0) is 91.9 Å². The molecule has 6 rings (SSSR count). The van der Waals surface area contributed by atoms with Crippen LogP contribution in [0.2, 0.25) is 0 Å². The summed E-state index contributed by atoms with van der Waals surface area (Å²) >= 11 is 3.24. The molecule has 42 heavy (non-hydrogen) atoms. The molecule has 2 aromatic heterocycles. The lowest BCUT2D eigenvalue weighted by Gasteiger charge is -2.15. The van der Waals surface area contributed by atoms with Crippen LogP contribution >= 0.6 is 22.7 Å². The van der Waals surface area contributed by atoms with E-state index in [4.69, 9.17) is 0 Å². The Morgan fingerprint density at radius 1 is 0.738 bits per heavy atom. The molecule has 9 nitrogen and oxygen atoms in total. The van der Waals surface area contributed by atoms with E-state index in [1.54, 1.807) is 11.3 Å². The molecule has 5 aromatic rings. The van der Waals surface area contributed by atoms with Crippen LogP contribution in [-0.4, -0.2) is 23.3 Å². The quantitative estimate of drug-likeness (QED) is 0.0895. The molecule has 0 radical (unpaired) electrons. The van der Waals surface area contributed by atoms with E-state index in [-0.39, 0.29) is 0 Å². The predicted octanol–water partition coefficient (Wildman–Crippen LogP) is 8.70. The van der Waals surface area contributed by atoms with Gasteiger partial charge in [-0.15, -0.1) is 20.4 Å². The molecule has 0 aliphatic carbocycles. The molecule has 1 aliphatic rings. The molecular formula is C31H33N9S2. The second-order valence-electron chi connectivity index (χ2n) is 10.2. The van der Waals surface area contributed by atoms with Crippen molar-refractivity contribution in [3.8, 4) is 0 Å². The van der Waals surface area contributed by atoms with Crippen LogP contribution in [0.4, 0.5) is 37.9 Å². The Balaban J connectivity index is 1.00. The molecule has 1 saturated heterocycles. The van der Waals surface area contributed by atoms with Crippen molar-refractivity contribution in [2.24, 2.45) is 10.2 Å². The topological polar surface area (TPSA) is 102 Å². The van der Waals surface area contributed by atoms with E-state index in [0.29, 0.717) is 5.13 Å². The Morgan fingerprint density at radius 2 is 1.50 bits per heavy atom. The Labute approximate surface area is 253 Å². The third-order valence-corrected chi connectivity index (χ3v) is 8.87. The van der Waals surface area contributed by atoms with Crippen molar-refractivity contribution in [3.05, 3.63) is 101 Å². The van der Waals surface area contributed by atoms with Crippen LogP contribution in [-0.2, 0) is 6.42 Å². The zero-order chi connectivity index (χ0) is 28.7. The lowest BCUT2D eigenvalue weighted by molar-refractivity contribution is 0.949. The number of aromatic nitrogens is 2. The molecule has 214 valence electrons. The van der Waals surface area contributed by atoms with Gasteiger partial charge < -0.3 is 21.2 Å². The highest BCUT2D eigenvalue weighted by Gasteiger charge is 2.14. The van der Waals surface area contributed by atoms with Gasteiger partial charge in [0.1, 0.15) is 10.0 Å². The van der Waals surface area contributed by atoms with Crippen molar-refractivity contribution >= 4 is 60.6 Å². The van der Waals surface area contributed by atoms with Crippen molar-refractivity contribution in [2.45, 2.75) is 33.1 Å². The van der Waals surface area contributed by atoms with Crippen LogP contribution in [0.25, 0.3) is 0 Å².